The number of hydrogen-bond acceptors (Lipinski definition) is 7. The molecule has 0 saturated heterocycles. The van der Waals surface area contributed by atoms with Crippen molar-refractivity contribution in [1.82, 2.24) is 9.88 Å². The molecule has 0 aliphatic carbocycles. The molecule has 0 spiro atoms. The van der Waals surface area contributed by atoms with E-state index in [4.69, 9.17) is 15.9 Å². The second-order valence-corrected chi connectivity index (χ2v) is 7.51. The van der Waals surface area contributed by atoms with E-state index in [9.17, 15) is 10.1 Å². The Balaban J connectivity index is 1.83. The highest BCUT2D eigenvalue weighted by molar-refractivity contribution is 7.21. The molecule has 1 amide bonds. The van der Waals surface area contributed by atoms with Crippen LogP contribution in [0.15, 0.2) is 53.1 Å². The van der Waals surface area contributed by atoms with E-state index in [0.29, 0.717) is 33.0 Å². The fourth-order valence-corrected chi connectivity index (χ4v) is 4.32. The molecule has 4 rings (SSSR count). The van der Waals surface area contributed by atoms with Gasteiger partial charge in [0.05, 0.1) is 17.5 Å². The third kappa shape index (κ3) is 3.17. The van der Waals surface area contributed by atoms with Gasteiger partial charge in [-0.1, -0.05) is 30.3 Å². The lowest BCUT2D eigenvalue weighted by Crippen LogP contribution is -2.26. The smallest absolute Gasteiger partial charge is 0.266 e. The Hall–Kier alpha value is -3.83. The van der Waals surface area contributed by atoms with Crippen LogP contribution >= 0.6 is 11.3 Å². The summed E-state index contributed by atoms with van der Waals surface area (Å²) in [6.07, 6.45) is 1.50. The zero-order valence-electron chi connectivity index (χ0n) is 15.5. The van der Waals surface area contributed by atoms with Crippen LogP contribution < -0.4 is 11.5 Å². The number of carbonyl (C=O) groups is 1. The minimum absolute atomic E-state index is 0.0734. The molecular formula is C21H17N5O2S. The second-order valence-electron chi connectivity index (χ2n) is 6.51. The number of hydrogen-bond donors (Lipinski definition) is 2. The number of fused-ring (bicyclic) bond motifs is 1. The minimum Gasteiger partial charge on any atom is -0.464 e. The topological polar surface area (TPSA) is 122 Å². The van der Waals surface area contributed by atoms with Crippen LogP contribution in [0.2, 0.25) is 0 Å². The maximum atomic E-state index is 13.1. The molecule has 0 radical (unpaired) electrons. The number of pyridine rings is 1. The summed E-state index contributed by atoms with van der Waals surface area (Å²) in [5.41, 5.74) is 14.3. The number of aromatic nitrogens is 1. The maximum Gasteiger partial charge on any atom is 0.266 e. The quantitative estimate of drug-likeness (QED) is 0.533. The number of benzene rings is 1. The van der Waals surface area contributed by atoms with Crippen LogP contribution in [0.25, 0.3) is 21.5 Å². The fraction of sp³-hybridized carbons (Fsp3) is 0.0952. The number of rotatable bonds is 4. The number of anilines is 2. The molecule has 0 fully saturated rings. The van der Waals surface area contributed by atoms with E-state index in [0.717, 1.165) is 16.9 Å². The van der Waals surface area contributed by atoms with Crippen LogP contribution in [0.1, 0.15) is 20.8 Å². The number of nitriles is 1. The summed E-state index contributed by atoms with van der Waals surface area (Å²) in [5.74, 6) is 0.294. The number of nitrogen functional groups attached to an aromatic ring is 2. The van der Waals surface area contributed by atoms with Crippen molar-refractivity contribution in [2.45, 2.75) is 6.54 Å². The number of amides is 1. The molecule has 0 aliphatic rings. The lowest BCUT2D eigenvalue weighted by molar-refractivity contribution is 0.0791. The van der Waals surface area contributed by atoms with Crippen molar-refractivity contribution in [3.63, 3.8) is 0 Å². The number of carbonyl (C=O) groups excluding carboxylic acids is 1. The van der Waals surface area contributed by atoms with E-state index in [-0.39, 0.29) is 23.0 Å². The molecule has 0 aliphatic heterocycles. The lowest BCUT2D eigenvalue weighted by atomic mass is 10.0. The molecule has 0 bridgehead atoms. The van der Waals surface area contributed by atoms with E-state index >= 15 is 0 Å². The van der Waals surface area contributed by atoms with E-state index in [1.54, 1.807) is 24.1 Å². The monoisotopic (exact) mass is 403 g/mol. The summed E-state index contributed by atoms with van der Waals surface area (Å²) < 4.78 is 5.50. The standard InChI is InChI=1S/C21H17N5O2S/c1-26(11-12-6-3-2-4-7-12)21(27)18-17(23)16-15(14-8-5-9-28-14)13(10-22)19(24)25-20(16)29-18/h2-9H,11,23H2,1H3,(H2,24,25). The van der Waals surface area contributed by atoms with Gasteiger partial charge < -0.3 is 20.8 Å². The zero-order chi connectivity index (χ0) is 20.5. The molecule has 8 heteroatoms. The second kappa shape index (κ2) is 7.30. The van der Waals surface area contributed by atoms with Gasteiger partial charge in [-0.25, -0.2) is 4.98 Å². The van der Waals surface area contributed by atoms with Crippen molar-refractivity contribution in [3.8, 4) is 17.4 Å². The summed E-state index contributed by atoms with van der Waals surface area (Å²) in [4.78, 5) is 19.8. The van der Waals surface area contributed by atoms with Gasteiger partial charge in [-0.3, -0.25) is 4.79 Å². The van der Waals surface area contributed by atoms with Crippen LogP contribution in [0.3, 0.4) is 0 Å². The first-order valence-corrected chi connectivity index (χ1v) is 9.57. The van der Waals surface area contributed by atoms with E-state index in [2.05, 4.69) is 11.1 Å². The highest BCUT2D eigenvalue weighted by Crippen LogP contribution is 2.43. The van der Waals surface area contributed by atoms with Gasteiger partial charge in [0.2, 0.25) is 0 Å². The van der Waals surface area contributed by atoms with Gasteiger partial charge in [-0.15, -0.1) is 11.3 Å². The largest absolute Gasteiger partial charge is 0.464 e. The molecule has 1 aromatic carbocycles. The van der Waals surface area contributed by atoms with Crippen molar-refractivity contribution in [2.24, 2.45) is 0 Å². The fourth-order valence-electron chi connectivity index (χ4n) is 3.21. The molecule has 144 valence electrons. The summed E-state index contributed by atoms with van der Waals surface area (Å²) in [6.45, 7) is 0.442. The predicted octanol–water partition coefficient (Wildman–Crippen LogP) is 3.86. The normalized spacial score (nSPS) is 10.8. The van der Waals surface area contributed by atoms with E-state index in [1.165, 1.54) is 6.26 Å². The third-order valence-corrected chi connectivity index (χ3v) is 5.68. The molecule has 4 aromatic rings. The Bertz CT molecular complexity index is 1240. The van der Waals surface area contributed by atoms with E-state index in [1.807, 2.05) is 30.3 Å². The zero-order valence-corrected chi connectivity index (χ0v) is 16.4. The highest BCUT2D eigenvalue weighted by Gasteiger charge is 2.26. The first-order chi connectivity index (χ1) is 14.0. The number of nitrogens with zero attached hydrogens (tertiary/aromatic N) is 3. The third-order valence-electron chi connectivity index (χ3n) is 4.59. The molecular weight excluding hydrogens is 386 g/mol. The van der Waals surface area contributed by atoms with Crippen molar-refractivity contribution in [1.29, 1.82) is 5.26 Å². The van der Waals surface area contributed by atoms with Crippen molar-refractivity contribution in [2.75, 3.05) is 18.5 Å². The molecule has 29 heavy (non-hydrogen) atoms. The number of thiophene rings is 1. The van der Waals surface area contributed by atoms with Gasteiger partial charge in [-0.2, -0.15) is 5.26 Å². The molecule has 0 unspecified atom stereocenters. The van der Waals surface area contributed by atoms with Crippen LogP contribution in [-0.2, 0) is 6.54 Å². The van der Waals surface area contributed by atoms with Crippen molar-refractivity contribution >= 4 is 39.0 Å². The Morgan fingerprint density at radius 1 is 1.24 bits per heavy atom. The van der Waals surface area contributed by atoms with Crippen LogP contribution in [0, 0.1) is 11.3 Å². The predicted molar refractivity (Wildman–Crippen MR) is 113 cm³/mol. The van der Waals surface area contributed by atoms with Crippen LogP contribution in [0.5, 0.6) is 0 Å². The first-order valence-electron chi connectivity index (χ1n) is 8.76. The minimum atomic E-state index is -0.225. The summed E-state index contributed by atoms with van der Waals surface area (Å²) in [5, 5.41) is 10.1. The van der Waals surface area contributed by atoms with Gasteiger partial charge in [0.1, 0.15) is 32.9 Å². The molecule has 3 aromatic heterocycles. The Kier molecular flexibility index (Phi) is 4.66. The van der Waals surface area contributed by atoms with Crippen molar-refractivity contribution < 1.29 is 9.21 Å². The maximum absolute atomic E-state index is 13.1. The number of furan rings is 1. The van der Waals surface area contributed by atoms with E-state index < -0.39 is 0 Å². The van der Waals surface area contributed by atoms with Crippen LogP contribution in [0.4, 0.5) is 11.5 Å². The molecule has 3 heterocycles. The SMILES string of the molecule is CN(Cc1ccccc1)C(=O)c1sc2nc(N)c(C#N)c(-c3ccco3)c2c1N. The summed E-state index contributed by atoms with van der Waals surface area (Å²) in [7, 11) is 1.72. The average Bonchev–Trinajstić information content (AvgIpc) is 3.35. The molecule has 0 atom stereocenters. The van der Waals surface area contributed by atoms with Gasteiger partial charge in [0.25, 0.3) is 5.91 Å². The Morgan fingerprint density at radius 3 is 2.66 bits per heavy atom. The lowest BCUT2D eigenvalue weighted by Gasteiger charge is -2.16. The highest BCUT2D eigenvalue weighted by atomic mass is 32.1. The summed E-state index contributed by atoms with van der Waals surface area (Å²) >= 11 is 1.16. The average molecular weight is 403 g/mol. The van der Waals surface area contributed by atoms with Gasteiger partial charge in [0.15, 0.2) is 0 Å². The van der Waals surface area contributed by atoms with Gasteiger partial charge in [-0.05, 0) is 17.7 Å². The van der Waals surface area contributed by atoms with Gasteiger partial charge >= 0.3 is 0 Å². The summed E-state index contributed by atoms with van der Waals surface area (Å²) in [6, 6.07) is 15.2. The van der Waals surface area contributed by atoms with Crippen molar-refractivity contribution in [3.05, 3.63) is 64.7 Å². The first kappa shape index (κ1) is 18.5. The Morgan fingerprint density at radius 2 is 2.00 bits per heavy atom. The van der Waals surface area contributed by atoms with Crippen LogP contribution in [-0.4, -0.2) is 22.8 Å². The molecule has 0 saturated carbocycles. The Labute approximate surface area is 170 Å². The number of nitrogens with two attached hydrogens (primary N) is 2. The molecule has 7 nitrogen and oxygen atoms in total. The van der Waals surface area contributed by atoms with Gasteiger partial charge in [0, 0.05) is 19.0 Å². The molecule has 4 N–H and O–H groups in total.